The fourth-order valence-electron chi connectivity index (χ4n) is 2.04. The SMILES string of the molecule is O=C(O)c1cccc(CNc2nccc3occc23)c1. The average Bonchev–Trinajstić information content (AvgIpc) is 2.94. The van der Waals surface area contributed by atoms with Crippen LogP contribution in [0.5, 0.6) is 0 Å². The van der Waals surface area contributed by atoms with Crippen molar-refractivity contribution >= 4 is 22.8 Å². The highest BCUT2D eigenvalue weighted by atomic mass is 16.4. The van der Waals surface area contributed by atoms with Crippen molar-refractivity contribution < 1.29 is 14.3 Å². The summed E-state index contributed by atoms with van der Waals surface area (Å²) in [4.78, 5) is 15.2. The van der Waals surface area contributed by atoms with Gasteiger partial charge in [-0.2, -0.15) is 0 Å². The molecule has 2 heterocycles. The Labute approximate surface area is 114 Å². The lowest BCUT2D eigenvalue weighted by molar-refractivity contribution is 0.0697. The fraction of sp³-hybridized carbons (Fsp3) is 0.0667. The first-order chi connectivity index (χ1) is 9.74. The molecule has 0 atom stereocenters. The molecule has 2 N–H and O–H groups in total. The second kappa shape index (κ2) is 5.05. The molecule has 2 aromatic heterocycles. The summed E-state index contributed by atoms with van der Waals surface area (Å²) in [6, 6.07) is 10.5. The molecule has 0 aliphatic carbocycles. The molecule has 0 unspecified atom stereocenters. The van der Waals surface area contributed by atoms with Gasteiger partial charge in [-0.3, -0.25) is 0 Å². The van der Waals surface area contributed by atoms with Crippen molar-refractivity contribution in [3.8, 4) is 0 Å². The van der Waals surface area contributed by atoms with E-state index < -0.39 is 5.97 Å². The molecule has 0 aliphatic rings. The zero-order valence-electron chi connectivity index (χ0n) is 10.5. The molecule has 5 heteroatoms. The van der Waals surface area contributed by atoms with E-state index in [0.717, 1.165) is 22.4 Å². The van der Waals surface area contributed by atoms with Crippen LogP contribution in [0.4, 0.5) is 5.82 Å². The van der Waals surface area contributed by atoms with Gasteiger partial charge < -0.3 is 14.8 Å². The number of benzene rings is 1. The monoisotopic (exact) mass is 268 g/mol. The van der Waals surface area contributed by atoms with Gasteiger partial charge in [0.25, 0.3) is 0 Å². The number of hydrogen-bond acceptors (Lipinski definition) is 4. The van der Waals surface area contributed by atoms with Crippen LogP contribution in [0.25, 0.3) is 11.0 Å². The number of carboxylic acid groups (broad SMARTS) is 1. The molecule has 0 spiro atoms. The number of anilines is 1. The van der Waals surface area contributed by atoms with Crippen LogP contribution in [0, 0.1) is 0 Å². The fourth-order valence-corrected chi connectivity index (χ4v) is 2.04. The summed E-state index contributed by atoms with van der Waals surface area (Å²) >= 11 is 0. The lowest BCUT2D eigenvalue weighted by Gasteiger charge is -2.07. The molecule has 5 nitrogen and oxygen atoms in total. The van der Waals surface area contributed by atoms with E-state index in [9.17, 15) is 4.79 Å². The van der Waals surface area contributed by atoms with Gasteiger partial charge in [0, 0.05) is 12.7 Å². The number of fused-ring (bicyclic) bond motifs is 1. The van der Waals surface area contributed by atoms with E-state index in [1.165, 1.54) is 0 Å². The minimum absolute atomic E-state index is 0.277. The molecule has 0 saturated heterocycles. The molecule has 1 aromatic carbocycles. The standard InChI is InChI=1S/C15H12N2O3/c18-15(19)11-3-1-2-10(8-11)9-17-14-12-5-7-20-13(12)4-6-16-14/h1-8H,9H2,(H,16,17)(H,18,19). The quantitative estimate of drug-likeness (QED) is 0.760. The summed E-state index contributed by atoms with van der Waals surface area (Å²) in [6.07, 6.45) is 3.28. The van der Waals surface area contributed by atoms with Crippen molar-refractivity contribution in [1.82, 2.24) is 4.98 Å². The minimum atomic E-state index is -0.929. The van der Waals surface area contributed by atoms with Crippen molar-refractivity contribution in [2.45, 2.75) is 6.54 Å². The van der Waals surface area contributed by atoms with Crippen LogP contribution in [0.2, 0.25) is 0 Å². The predicted molar refractivity (Wildman–Crippen MR) is 74.7 cm³/mol. The Morgan fingerprint density at radius 2 is 2.20 bits per heavy atom. The van der Waals surface area contributed by atoms with Crippen molar-refractivity contribution in [3.05, 3.63) is 60.0 Å². The Morgan fingerprint density at radius 3 is 3.05 bits per heavy atom. The first-order valence-electron chi connectivity index (χ1n) is 6.12. The number of nitrogens with zero attached hydrogens (tertiary/aromatic N) is 1. The highest BCUT2D eigenvalue weighted by Crippen LogP contribution is 2.22. The van der Waals surface area contributed by atoms with Gasteiger partial charge in [0.2, 0.25) is 0 Å². The molecule has 100 valence electrons. The Balaban J connectivity index is 1.81. The third-order valence-electron chi connectivity index (χ3n) is 3.01. The number of aromatic carboxylic acids is 1. The predicted octanol–water partition coefficient (Wildman–Crippen LogP) is 3.14. The highest BCUT2D eigenvalue weighted by molar-refractivity contribution is 5.88. The van der Waals surface area contributed by atoms with Crippen LogP contribution in [-0.4, -0.2) is 16.1 Å². The number of furan rings is 1. The van der Waals surface area contributed by atoms with Crippen LogP contribution in [0.1, 0.15) is 15.9 Å². The molecule has 0 radical (unpaired) electrons. The van der Waals surface area contributed by atoms with E-state index in [1.54, 1.807) is 36.7 Å². The van der Waals surface area contributed by atoms with Crippen LogP contribution < -0.4 is 5.32 Å². The van der Waals surface area contributed by atoms with E-state index in [4.69, 9.17) is 9.52 Å². The first-order valence-corrected chi connectivity index (χ1v) is 6.12. The van der Waals surface area contributed by atoms with Gasteiger partial charge >= 0.3 is 5.97 Å². The van der Waals surface area contributed by atoms with Crippen LogP contribution in [-0.2, 0) is 6.54 Å². The molecule has 0 aliphatic heterocycles. The summed E-state index contributed by atoms with van der Waals surface area (Å²) < 4.78 is 5.30. The van der Waals surface area contributed by atoms with Gasteiger partial charge in [0.1, 0.15) is 11.4 Å². The maximum Gasteiger partial charge on any atom is 0.335 e. The molecule has 3 aromatic rings. The number of pyridine rings is 1. The molecule has 0 fully saturated rings. The molecule has 0 bridgehead atoms. The summed E-state index contributed by atoms with van der Waals surface area (Å²) in [5.74, 6) is -0.209. The second-order valence-corrected chi connectivity index (χ2v) is 4.35. The Hall–Kier alpha value is -2.82. The third kappa shape index (κ3) is 2.33. The Morgan fingerprint density at radius 1 is 1.30 bits per heavy atom. The molecule has 20 heavy (non-hydrogen) atoms. The Kier molecular flexibility index (Phi) is 3.09. The zero-order chi connectivity index (χ0) is 13.9. The first kappa shape index (κ1) is 12.2. The van der Waals surface area contributed by atoms with Gasteiger partial charge in [-0.25, -0.2) is 9.78 Å². The van der Waals surface area contributed by atoms with Crippen molar-refractivity contribution in [3.63, 3.8) is 0 Å². The smallest absolute Gasteiger partial charge is 0.335 e. The number of hydrogen-bond donors (Lipinski definition) is 2. The van der Waals surface area contributed by atoms with Crippen molar-refractivity contribution in [2.75, 3.05) is 5.32 Å². The number of carboxylic acids is 1. The largest absolute Gasteiger partial charge is 0.478 e. The van der Waals surface area contributed by atoms with Crippen LogP contribution in [0.3, 0.4) is 0 Å². The van der Waals surface area contributed by atoms with Crippen molar-refractivity contribution in [2.24, 2.45) is 0 Å². The minimum Gasteiger partial charge on any atom is -0.478 e. The third-order valence-corrected chi connectivity index (χ3v) is 3.01. The van der Waals surface area contributed by atoms with E-state index >= 15 is 0 Å². The van der Waals surface area contributed by atoms with E-state index in [-0.39, 0.29) is 5.56 Å². The summed E-state index contributed by atoms with van der Waals surface area (Å²) in [5.41, 5.74) is 1.92. The number of carbonyl (C=O) groups is 1. The Bertz CT molecular complexity index is 764. The van der Waals surface area contributed by atoms with Gasteiger partial charge in [-0.15, -0.1) is 0 Å². The lowest BCUT2D eigenvalue weighted by atomic mass is 10.1. The number of aromatic nitrogens is 1. The summed E-state index contributed by atoms with van der Waals surface area (Å²) in [7, 11) is 0. The normalized spacial score (nSPS) is 10.6. The second-order valence-electron chi connectivity index (χ2n) is 4.35. The van der Waals surface area contributed by atoms with Gasteiger partial charge in [0.15, 0.2) is 0 Å². The topological polar surface area (TPSA) is 75.4 Å². The van der Waals surface area contributed by atoms with Crippen LogP contribution >= 0.6 is 0 Å². The summed E-state index contributed by atoms with van der Waals surface area (Å²) in [6.45, 7) is 0.498. The van der Waals surface area contributed by atoms with Crippen LogP contribution in [0.15, 0.2) is 53.3 Å². The molecular formula is C15H12N2O3. The van der Waals surface area contributed by atoms with E-state index in [0.29, 0.717) is 6.54 Å². The average molecular weight is 268 g/mol. The van der Waals surface area contributed by atoms with Gasteiger partial charge in [0.05, 0.1) is 17.2 Å². The molecular weight excluding hydrogens is 256 g/mol. The van der Waals surface area contributed by atoms with Crippen molar-refractivity contribution in [1.29, 1.82) is 0 Å². The zero-order valence-corrected chi connectivity index (χ0v) is 10.5. The maximum atomic E-state index is 10.9. The molecule has 0 amide bonds. The number of rotatable bonds is 4. The lowest BCUT2D eigenvalue weighted by Crippen LogP contribution is -2.03. The van der Waals surface area contributed by atoms with E-state index in [1.807, 2.05) is 12.1 Å². The molecule has 3 rings (SSSR count). The maximum absolute atomic E-state index is 10.9. The summed E-state index contributed by atoms with van der Waals surface area (Å²) in [5, 5.41) is 13.1. The highest BCUT2D eigenvalue weighted by Gasteiger charge is 2.06. The molecule has 0 saturated carbocycles. The van der Waals surface area contributed by atoms with E-state index in [2.05, 4.69) is 10.3 Å². The number of nitrogens with one attached hydrogen (secondary N) is 1. The van der Waals surface area contributed by atoms with Gasteiger partial charge in [-0.05, 0) is 29.8 Å². The van der Waals surface area contributed by atoms with Gasteiger partial charge in [-0.1, -0.05) is 12.1 Å².